The standard InChI is InChI=1S/C17H25NO4S/c1-12(2)11-13-3-9-16(10-4-13)23(21,22)18-15-7-5-14(6-8-15)17(19)20/h3-4,9-10,12,14-15,18H,5-8,11H2,1-2H3,(H,19,20). The quantitative estimate of drug-likeness (QED) is 0.835. The number of sulfonamides is 1. The first-order valence-electron chi connectivity index (χ1n) is 8.12. The fourth-order valence-electron chi connectivity index (χ4n) is 3.02. The molecule has 0 atom stereocenters. The van der Waals surface area contributed by atoms with E-state index in [1.807, 2.05) is 12.1 Å². The zero-order valence-corrected chi connectivity index (χ0v) is 14.5. The van der Waals surface area contributed by atoms with E-state index in [0.29, 0.717) is 31.6 Å². The van der Waals surface area contributed by atoms with Gasteiger partial charge in [-0.25, -0.2) is 13.1 Å². The van der Waals surface area contributed by atoms with E-state index in [0.717, 1.165) is 12.0 Å². The van der Waals surface area contributed by atoms with Crippen LogP contribution in [0, 0.1) is 11.8 Å². The van der Waals surface area contributed by atoms with Crippen molar-refractivity contribution < 1.29 is 18.3 Å². The molecule has 0 radical (unpaired) electrons. The number of rotatable bonds is 6. The first-order valence-corrected chi connectivity index (χ1v) is 9.60. The third-order valence-corrected chi connectivity index (χ3v) is 5.81. The molecule has 0 unspecified atom stereocenters. The lowest BCUT2D eigenvalue weighted by molar-refractivity contribution is -0.142. The fourth-order valence-corrected chi connectivity index (χ4v) is 4.33. The summed E-state index contributed by atoms with van der Waals surface area (Å²) in [7, 11) is -3.54. The van der Waals surface area contributed by atoms with Gasteiger partial charge >= 0.3 is 5.97 Å². The SMILES string of the molecule is CC(C)Cc1ccc(S(=O)(=O)NC2CCC(C(=O)O)CC2)cc1. The summed E-state index contributed by atoms with van der Waals surface area (Å²) in [5.74, 6) is -0.599. The van der Waals surface area contributed by atoms with Gasteiger partial charge < -0.3 is 5.11 Å². The van der Waals surface area contributed by atoms with Crippen molar-refractivity contribution in [2.24, 2.45) is 11.8 Å². The molecule has 2 N–H and O–H groups in total. The van der Waals surface area contributed by atoms with Gasteiger partial charge in [-0.3, -0.25) is 4.79 Å². The molecule has 0 aromatic heterocycles. The van der Waals surface area contributed by atoms with Gasteiger partial charge in [0.25, 0.3) is 0 Å². The molecule has 1 aromatic carbocycles. The van der Waals surface area contributed by atoms with Gasteiger partial charge in [-0.15, -0.1) is 0 Å². The first kappa shape index (κ1) is 17.9. The van der Waals surface area contributed by atoms with Gasteiger partial charge in [-0.2, -0.15) is 0 Å². The van der Waals surface area contributed by atoms with Gasteiger partial charge in [0.05, 0.1) is 10.8 Å². The number of aliphatic carboxylic acids is 1. The molecular weight excluding hydrogens is 314 g/mol. The van der Waals surface area contributed by atoms with Crippen molar-refractivity contribution in [3.8, 4) is 0 Å². The van der Waals surface area contributed by atoms with Gasteiger partial charge in [-0.1, -0.05) is 26.0 Å². The monoisotopic (exact) mass is 339 g/mol. The fraction of sp³-hybridized carbons (Fsp3) is 0.588. The van der Waals surface area contributed by atoms with Crippen molar-refractivity contribution >= 4 is 16.0 Å². The molecule has 2 rings (SSSR count). The second-order valence-electron chi connectivity index (χ2n) is 6.75. The van der Waals surface area contributed by atoms with Crippen LogP contribution in [0.2, 0.25) is 0 Å². The zero-order chi connectivity index (χ0) is 17.0. The number of hydrogen-bond acceptors (Lipinski definition) is 3. The minimum absolute atomic E-state index is 0.175. The van der Waals surface area contributed by atoms with E-state index in [9.17, 15) is 13.2 Å². The summed E-state index contributed by atoms with van der Waals surface area (Å²) in [6, 6.07) is 6.82. The lowest BCUT2D eigenvalue weighted by atomic mass is 9.87. The van der Waals surface area contributed by atoms with Gasteiger partial charge in [0.2, 0.25) is 10.0 Å². The molecule has 0 heterocycles. The van der Waals surface area contributed by atoms with E-state index >= 15 is 0 Å². The van der Waals surface area contributed by atoms with Gasteiger partial charge in [0.15, 0.2) is 0 Å². The topological polar surface area (TPSA) is 83.5 Å². The highest BCUT2D eigenvalue weighted by molar-refractivity contribution is 7.89. The van der Waals surface area contributed by atoms with Crippen molar-refractivity contribution in [3.05, 3.63) is 29.8 Å². The molecule has 0 bridgehead atoms. The van der Waals surface area contributed by atoms with Crippen LogP contribution in [0.4, 0.5) is 0 Å². The minimum atomic E-state index is -3.54. The summed E-state index contributed by atoms with van der Waals surface area (Å²) < 4.78 is 27.6. The number of hydrogen-bond donors (Lipinski definition) is 2. The minimum Gasteiger partial charge on any atom is -0.481 e. The van der Waals surface area contributed by atoms with Gasteiger partial charge in [-0.05, 0) is 55.7 Å². The Balaban J connectivity index is 1.98. The molecule has 1 aliphatic rings. The molecule has 1 fully saturated rings. The highest BCUT2D eigenvalue weighted by Gasteiger charge is 2.28. The van der Waals surface area contributed by atoms with E-state index < -0.39 is 16.0 Å². The van der Waals surface area contributed by atoms with Crippen LogP contribution in [-0.2, 0) is 21.2 Å². The number of benzene rings is 1. The molecule has 0 saturated heterocycles. The van der Waals surface area contributed by atoms with Crippen LogP contribution >= 0.6 is 0 Å². The summed E-state index contributed by atoms with van der Waals surface area (Å²) in [5, 5.41) is 8.98. The molecule has 1 saturated carbocycles. The third-order valence-electron chi connectivity index (χ3n) is 4.28. The predicted molar refractivity (Wildman–Crippen MR) is 88.7 cm³/mol. The van der Waals surface area contributed by atoms with E-state index in [1.165, 1.54) is 0 Å². The van der Waals surface area contributed by atoms with Crippen LogP contribution in [0.5, 0.6) is 0 Å². The van der Waals surface area contributed by atoms with E-state index in [1.54, 1.807) is 12.1 Å². The smallest absolute Gasteiger partial charge is 0.306 e. The summed E-state index contributed by atoms with van der Waals surface area (Å²) in [6.07, 6.45) is 3.11. The maximum Gasteiger partial charge on any atom is 0.306 e. The van der Waals surface area contributed by atoms with Crippen molar-refractivity contribution in [1.29, 1.82) is 0 Å². The van der Waals surface area contributed by atoms with Crippen LogP contribution in [0.25, 0.3) is 0 Å². The lowest BCUT2D eigenvalue weighted by Gasteiger charge is -2.26. The van der Waals surface area contributed by atoms with Gasteiger partial charge in [0.1, 0.15) is 0 Å². The van der Waals surface area contributed by atoms with Crippen molar-refractivity contribution in [2.45, 2.75) is 56.9 Å². The molecule has 5 nitrogen and oxygen atoms in total. The van der Waals surface area contributed by atoms with E-state index in [2.05, 4.69) is 18.6 Å². The molecule has 0 aliphatic heterocycles. The van der Waals surface area contributed by atoms with Crippen molar-refractivity contribution in [1.82, 2.24) is 4.72 Å². The molecule has 0 spiro atoms. The van der Waals surface area contributed by atoms with Gasteiger partial charge in [0, 0.05) is 6.04 Å². The Bertz CT molecular complexity index is 629. The molecule has 0 amide bonds. The van der Waals surface area contributed by atoms with Crippen LogP contribution in [-0.4, -0.2) is 25.5 Å². The normalized spacial score (nSPS) is 22.2. The molecule has 23 heavy (non-hydrogen) atoms. The van der Waals surface area contributed by atoms with Crippen LogP contribution in [0.15, 0.2) is 29.2 Å². The molecule has 6 heteroatoms. The molecule has 1 aromatic rings. The number of carboxylic acids is 1. The Morgan fingerprint density at radius 2 is 1.74 bits per heavy atom. The summed E-state index contributed by atoms with van der Waals surface area (Å²) in [5.41, 5.74) is 1.13. The maximum absolute atomic E-state index is 12.4. The largest absolute Gasteiger partial charge is 0.481 e. The maximum atomic E-state index is 12.4. The Hall–Kier alpha value is -1.40. The van der Waals surface area contributed by atoms with Crippen LogP contribution < -0.4 is 4.72 Å². The predicted octanol–water partition coefficient (Wildman–Crippen LogP) is 2.81. The summed E-state index contributed by atoms with van der Waals surface area (Å²) >= 11 is 0. The van der Waals surface area contributed by atoms with E-state index in [4.69, 9.17) is 5.11 Å². The third kappa shape index (κ3) is 5.04. The van der Waals surface area contributed by atoms with Crippen LogP contribution in [0.3, 0.4) is 0 Å². The second-order valence-corrected chi connectivity index (χ2v) is 8.46. The zero-order valence-electron chi connectivity index (χ0n) is 13.7. The Morgan fingerprint density at radius 3 is 2.22 bits per heavy atom. The Morgan fingerprint density at radius 1 is 1.17 bits per heavy atom. The number of carboxylic acid groups (broad SMARTS) is 1. The average Bonchev–Trinajstić information content (AvgIpc) is 2.47. The lowest BCUT2D eigenvalue weighted by Crippen LogP contribution is -2.38. The number of carbonyl (C=O) groups is 1. The van der Waals surface area contributed by atoms with Crippen molar-refractivity contribution in [3.63, 3.8) is 0 Å². The summed E-state index contributed by atoms with van der Waals surface area (Å²) in [4.78, 5) is 11.2. The highest BCUT2D eigenvalue weighted by Crippen LogP contribution is 2.25. The molecular formula is C17H25NO4S. The first-order chi connectivity index (χ1) is 10.8. The Labute approximate surface area is 138 Å². The van der Waals surface area contributed by atoms with Crippen LogP contribution in [0.1, 0.15) is 45.1 Å². The molecule has 1 aliphatic carbocycles. The summed E-state index contributed by atoms with van der Waals surface area (Å²) in [6.45, 7) is 4.25. The average molecular weight is 339 g/mol. The number of nitrogens with one attached hydrogen (secondary N) is 1. The highest BCUT2D eigenvalue weighted by atomic mass is 32.2. The second kappa shape index (κ2) is 7.45. The Kier molecular flexibility index (Phi) is 5.81. The van der Waals surface area contributed by atoms with Crippen molar-refractivity contribution in [2.75, 3.05) is 0 Å². The molecule has 128 valence electrons. The van der Waals surface area contributed by atoms with E-state index in [-0.39, 0.29) is 16.9 Å².